The number of rotatable bonds is 6. The van der Waals surface area contributed by atoms with E-state index in [1.807, 2.05) is 66.7 Å². The van der Waals surface area contributed by atoms with E-state index in [-0.39, 0.29) is 30.8 Å². The van der Waals surface area contributed by atoms with Gasteiger partial charge in [0, 0.05) is 29.6 Å². The summed E-state index contributed by atoms with van der Waals surface area (Å²) in [5, 5.41) is 14.6. The Morgan fingerprint density at radius 1 is 1.02 bits per heavy atom. The first-order valence-electron chi connectivity index (χ1n) is 17.5. The minimum atomic E-state index is -1.16. The van der Waals surface area contributed by atoms with Crippen LogP contribution in [0, 0.1) is 0 Å². The van der Waals surface area contributed by atoms with Crippen molar-refractivity contribution in [2.75, 3.05) is 20.2 Å². The summed E-state index contributed by atoms with van der Waals surface area (Å²) in [6, 6.07) is 14.3. The standard InChI is InChI=1S/C38H47N5O8/c1-38(2,3)51-36(47)41-43-20-14-9-7-5-6-8-13-17-29(35(45)46)40-34(44)32-22-27(24-42(32)37(43)48)50-33-23-30(25-15-11-10-12-16-25)39-31-21-26(49-4)18-19-28(31)33/h6,8,10-12,15-16,18-19,21,23,27,29,32H,5,7,9,13-14,17,20,22,24H2,1-4H3,(H,40,44)(H,41,47)(H,45,46)/p+1. The second kappa shape index (κ2) is 16.7. The van der Waals surface area contributed by atoms with Gasteiger partial charge in [-0.05, 0) is 65.0 Å². The number of nitrogens with one attached hydrogen (secondary N) is 3. The van der Waals surface area contributed by atoms with Gasteiger partial charge in [-0.2, -0.15) is 5.01 Å². The Balaban J connectivity index is 1.49. The molecule has 13 heteroatoms. The van der Waals surface area contributed by atoms with Crippen LogP contribution in [0.1, 0.15) is 65.7 Å². The highest BCUT2D eigenvalue weighted by molar-refractivity contribution is 5.89. The zero-order valence-electron chi connectivity index (χ0n) is 29.6. The molecule has 272 valence electrons. The molecular formula is C38H48N5O8+. The molecule has 3 aromatic rings. The van der Waals surface area contributed by atoms with E-state index in [0.717, 1.165) is 24.8 Å². The van der Waals surface area contributed by atoms with Crippen molar-refractivity contribution in [2.24, 2.45) is 0 Å². The second-order valence-corrected chi connectivity index (χ2v) is 13.9. The van der Waals surface area contributed by atoms with Crippen molar-refractivity contribution in [1.29, 1.82) is 0 Å². The predicted octanol–water partition coefficient (Wildman–Crippen LogP) is 4.66. The number of methoxy groups -OCH3 is 1. The van der Waals surface area contributed by atoms with Gasteiger partial charge in [-0.3, -0.25) is 4.79 Å². The Labute approximate surface area is 297 Å². The summed E-state index contributed by atoms with van der Waals surface area (Å²) in [5.74, 6) is -0.602. The highest BCUT2D eigenvalue weighted by Crippen LogP contribution is 2.33. The fourth-order valence-electron chi connectivity index (χ4n) is 6.33. The van der Waals surface area contributed by atoms with E-state index in [1.165, 1.54) is 5.01 Å². The van der Waals surface area contributed by atoms with Crippen molar-refractivity contribution >= 4 is 34.9 Å². The highest BCUT2D eigenvalue weighted by atomic mass is 16.6. The summed E-state index contributed by atoms with van der Waals surface area (Å²) >= 11 is 0. The summed E-state index contributed by atoms with van der Waals surface area (Å²) in [4.78, 5) is 58.4. The maximum Gasteiger partial charge on any atom is 0.436 e. The molecule has 1 fully saturated rings. The maximum atomic E-state index is 14.3. The zero-order chi connectivity index (χ0) is 36.5. The number of benzene rings is 2. The molecule has 51 heavy (non-hydrogen) atoms. The van der Waals surface area contributed by atoms with Crippen LogP contribution in [0.4, 0.5) is 9.59 Å². The molecule has 4 unspecified atom stereocenters. The molecule has 5 rings (SSSR count). The van der Waals surface area contributed by atoms with Gasteiger partial charge < -0.3 is 24.6 Å². The largest absolute Gasteiger partial charge is 0.497 e. The molecule has 4 N–H and O–H groups in total. The van der Waals surface area contributed by atoms with Crippen LogP contribution in [0.5, 0.6) is 11.5 Å². The Hall–Kier alpha value is -5.17. The van der Waals surface area contributed by atoms with Crippen LogP contribution in [0.15, 0.2) is 66.7 Å². The fourth-order valence-corrected chi connectivity index (χ4v) is 6.33. The number of allylic oxidation sites excluding steroid dienone is 2. The summed E-state index contributed by atoms with van der Waals surface area (Å²) in [6.07, 6.45) is 6.35. The van der Waals surface area contributed by atoms with Crippen LogP contribution >= 0.6 is 0 Å². The SMILES string of the molecule is COc1ccc2c(OC3CC4C(=O)NC(C(=O)O)CCC=CCCCCCN(NC(=O)OC(C)(C)C)C(=O)[NH+]4C3)cc(-c3ccccc3)nc2c1. The number of urea groups is 1. The van der Waals surface area contributed by atoms with Crippen molar-refractivity contribution in [3.05, 3.63) is 66.7 Å². The van der Waals surface area contributed by atoms with E-state index in [4.69, 9.17) is 19.2 Å². The third kappa shape index (κ3) is 9.97. The van der Waals surface area contributed by atoms with Gasteiger partial charge in [0.25, 0.3) is 5.91 Å². The molecule has 2 aromatic carbocycles. The Kier molecular flexibility index (Phi) is 12.1. The third-order valence-corrected chi connectivity index (χ3v) is 8.83. The molecule has 0 aliphatic carbocycles. The molecule has 0 spiro atoms. The number of hydrazine groups is 1. The maximum absolute atomic E-state index is 14.3. The van der Waals surface area contributed by atoms with Gasteiger partial charge >= 0.3 is 18.1 Å². The number of pyridine rings is 1. The number of carbonyl (C=O) groups is 4. The Morgan fingerprint density at radius 2 is 1.78 bits per heavy atom. The number of aliphatic carboxylic acids is 1. The summed E-state index contributed by atoms with van der Waals surface area (Å²) < 4.78 is 17.6. The number of quaternary nitrogens is 1. The molecule has 1 aromatic heterocycles. The lowest BCUT2D eigenvalue weighted by Crippen LogP contribution is -3.19. The van der Waals surface area contributed by atoms with Crippen LogP contribution in [-0.2, 0) is 14.3 Å². The second-order valence-electron chi connectivity index (χ2n) is 13.9. The van der Waals surface area contributed by atoms with Gasteiger partial charge in [-0.25, -0.2) is 29.7 Å². The molecule has 0 saturated carbocycles. The first kappa shape index (κ1) is 37.1. The zero-order valence-corrected chi connectivity index (χ0v) is 29.6. The first-order valence-corrected chi connectivity index (χ1v) is 17.5. The molecule has 2 aliphatic heterocycles. The van der Waals surface area contributed by atoms with Gasteiger partial charge in [-0.15, -0.1) is 0 Å². The van der Waals surface area contributed by atoms with Crippen LogP contribution in [-0.4, -0.2) is 83.1 Å². The van der Waals surface area contributed by atoms with E-state index in [0.29, 0.717) is 40.9 Å². The van der Waals surface area contributed by atoms with Crippen LogP contribution in [0.25, 0.3) is 22.2 Å². The van der Waals surface area contributed by atoms with Crippen molar-refractivity contribution in [3.8, 4) is 22.8 Å². The van der Waals surface area contributed by atoms with Gasteiger partial charge in [0.15, 0.2) is 12.1 Å². The Bertz CT molecular complexity index is 1740. The van der Waals surface area contributed by atoms with Crippen molar-refractivity contribution in [1.82, 2.24) is 20.7 Å². The minimum absolute atomic E-state index is 0.0739. The number of aromatic nitrogens is 1. The average molecular weight is 703 g/mol. The molecule has 0 bridgehead atoms. The van der Waals surface area contributed by atoms with Crippen molar-refractivity contribution in [3.63, 3.8) is 0 Å². The lowest BCUT2D eigenvalue weighted by molar-refractivity contribution is -0.824. The number of ether oxygens (including phenoxy) is 3. The van der Waals surface area contributed by atoms with Crippen LogP contribution in [0.3, 0.4) is 0 Å². The van der Waals surface area contributed by atoms with Crippen LogP contribution in [0.2, 0.25) is 0 Å². The van der Waals surface area contributed by atoms with E-state index < -0.39 is 47.8 Å². The predicted molar refractivity (Wildman–Crippen MR) is 190 cm³/mol. The van der Waals surface area contributed by atoms with Crippen LogP contribution < -0.4 is 25.1 Å². The quantitative estimate of drug-likeness (QED) is 0.268. The van der Waals surface area contributed by atoms with E-state index in [1.54, 1.807) is 27.9 Å². The summed E-state index contributed by atoms with van der Waals surface area (Å²) in [7, 11) is 1.58. The van der Waals surface area contributed by atoms with Crippen molar-refractivity contribution < 1.29 is 43.4 Å². The summed E-state index contributed by atoms with van der Waals surface area (Å²) in [5.41, 5.74) is 3.99. The number of carboxylic acid groups (broad SMARTS) is 1. The number of carbonyl (C=O) groups excluding carboxylic acids is 3. The van der Waals surface area contributed by atoms with E-state index >= 15 is 0 Å². The molecule has 13 nitrogen and oxygen atoms in total. The molecule has 3 heterocycles. The number of hydrogen-bond acceptors (Lipinski definition) is 8. The summed E-state index contributed by atoms with van der Waals surface area (Å²) in [6.45, 7) is 5.45. The third-order valence-electron chi connectivity index (χ3n) is 8.83. The van der Waals surface area contributed by atoms with Gasteiger partial charge in [0.05, 0.1) is 24.7 Å². The van der Waals surface area contributed by atoms with E-state index in [2.05, 4.69) is 10.7 Å². The number of hydrogen-bond donors (Lipinski definition) is 4. The van der Waals surface area contributed by atoms with Gasteiger partial charge in [0.1, 0.15) is 29.7 Å². The molecular weight excluding hydrogens is 654 g/mol. The molecule has 1 saturated heterocycles. The number of fused-ring (bicyclic) bond motifs is 2. The van der Waals surface area contributed by atoms with Crippen molar-refractivity contribution in [2.45, 2.75) is 89.5 Å². The fraction of sp³-hybridized carbons (Fsp3) is 0.447. The highest BCUT2D eigenvalue weighted by Gasteiger charge is 2.49. The number of amides is 4. The Morgan fingerprint density at radius 3 is 2.51 bits per heavy atom. The average Bonchev–Trinajstić information content (AvgIpc) is 3.52. The lowest BCUT2D eigenvalue weighted by atomic mass is 10.1. The molecule has 2 aliphatic rings. The molecule has 4 atom stereocenters. The normalized spacial score (nSPS) is 22.2. The molecule has 0 radical (unpaired) electrons. The van der Waals surface area contributed by atoms with Gasteiger partial charge in [-0.1, -0.05) is 48.9 Å². The first-order chi connectivity index (χ1) is 24.4. The lowest BCUT2D eigenvalue weighted by Gasteiger charge is -2.28. The smallest absolute Gasteiger partial charge is 0.436 e. The van der Waals surface area contributed by atoms with Gasteiger partial charge in [0.2, 0.25) is 0 Å². The monoisotopic (exact) mass is 702 g/mol. The number of carboxylic acids is 1. The molecule has 4 amide bonds. The minimum Gasteiger partial charge on any atom is -0.497 e. The topological polar surface area (TPSA) is 161 Å². The van der Waals surface area contributed by atoms with E-state index in [9.17, 15) is 24.3 Å². The number of nitrogens with zero attached hydrogens (tertiary/aromatic N) is 2.